The first-order valence-electron chi connectivity index (χ1n) is 15.6. The van der Waals surface area contributed by atoms with E-state index in [4.69, 9.17) is 4.74 Å². The lowest BCUT2D eigenvalue weighted by Gasteiger charge is -2.29. The van der Waals surface area contributed by atoms with E-state index in [2.05, 4.69) is 52.2 Å². The molecule has 0 saturated heterocycles. The number of carbonyl (C=O) groups is 2. The number of methoxy groups -OCH3 is 1. The molecular formula is C38H48F2N2O3. The van der Waals surface area contributed by atoms with E-state index in [0.29, 0.717) is 31.5 Å². The number of carbonyl (C=O) groups excluding carboxylic acids is 2. The third kappa shape index (κ3) is 10.5. The number of unbranched alkanes of at least 4 members (excludes halogenated alkanes) is 1. The SMILES string of the molecule is COc1c(C(C)(C)C)cc(C(=O)NC/C=C/CNC(=O)CCCCC(c2ccc(F)cc2)c2ccc(F)cc2)cc1C(C)(C)C. The third-order valence-electron chi connectivity index (χ3n) is 7.83. The van der Waals surface area contributed by atoms with E-state index in [0.717, 1.165) is 40.8 Å². The van der Waals surface area contributed by atoms with E-state index in [-0.39, 0.29) is 40.2 Å². The Morgan fingerprint density at radius 1 is 0.756 bits per heavy atom. The summed E-state index contributed by atoms with van der Waals surface area (Å²) >= 11 is 0. The molecule has 0 aromatic heterocycles. The Morgan fingerprint density at radius 3 is 1.67 bits per heavy atom. The van der Waals surface area contributed by atoms with Crippen molar-refractivity contribution in [2.45, 2.75) is 84.0 Å². The van der Waals surface area contributed by atoms with Crippen molar-refractivity contribution < 1.29 is 23.1 Å². The minimum Gasteiger partial charge on any atom is -0.496 e. The minimum atomic E-state index is -0.300. The highest BCUT2D eigenvalue weighted by molar-refractivity contribution is 5.95. The van der Waals surface area contributed by atoms with Gasteiger partial charge in [0.1, 0.15) is 17.4 Å². The third-order valence-corrected chi connectivity index (χ3v) is 7.83. The minimum absolute atomic E-state index is 0.00887. The molecule has 0 bridgehead atoms. The Morgan fingerprint density at radius 2 is 1.22 bits per heavy atom. The molecule has 7 heteroatoms. The summed E-state index contributed by atoms with van der Waals surface area (Å²) in [4.78, 5) is 25.5. The standard InChI is InChI=1S/C38H48F2N2O3/c1-37(2,3)32-24-28(25-33(35(32)45-7)38(4,5)6)36(44)42-23-11-10-22-41-34(43)13-9-8-12-31(26-14-18-29(39)19-15-26)27-16-20-30(40)21-17-27/h10-11,14-21,24-25,31H,8-9,12-13,22-23H2,1-7H3,(H,41,43)(H,42,44)/b11-10+. The molecule has 0 heterocycles. The van der Waals surface area contributed by atoms with E-state index >= 15 is 0 Å². The van der Waals surface area contributed by atoms with Crippen molar-refractivity contribution in [3.05, 3.63) is 112 Å². The molecule has 2 N–H and O–H groups in total. The van der Waals surface area contributed by atoms with Crippen LogP contribution in [0.25, 0.3) is 0 Å². The molecule has 2 amide bonds. The van der Waals surface area contributed by atoms with Gasteiger partial charge in [0, 0.05) is 42.1 Å². The summed E-state index contributed by atoms with van der Waals surface area (Å²) in [7, 11) is 1.67. The van der Waals surface area contributed by atoms with E-state index in [1.807, 2.05) is 24.3 Å². The van der Waals surface area contributed by atoms with Gasteiger partial charge in [-0.05, 0) is 71.2 Å². The van der Waals surface area contributed by atoms with Crippen LogP contribution in [0.1, 0.15) is 106 Å². The second-order valence-electron chi connectivity index (χ2n) is 13.5. The van der Waals surface area contributed by atoms with Gasteiger partial charge in [0.2, 0.25) is 5.91 Å². The van der Waals surface area contributed by atoms with Crippen LogP contribution >= 0.6 is 0 Å². The van der Waals surface area contributed by atoms with Gasteiger partial charge in [0.05, 0.1) is 7.11 Å². The fourth-order valence-corrected chi connectivity index (χ4v) is 5.33. The fourth-order valence-electron chi connectivity index (χ4n) is 5.33. The van der Waals surface area contributed by atoms with Crippen LogP contribution in [0.2, 0.25) is 0 Å². The van der Waals surface area contributed by atoms with Gasteiger partial charge in [-0.25, -0.2) is 8.78 Å². The first-order valence-corrected chi connectivity index (χ1v) is 15.6. The van der Waals surface area contributed by atoms with Crippen molar-refractivity contribution in [3.8, 4) is 5.75 Å². The number of benzene rings is 3. The number of ether oxygens (including phenoxy) is 1. The average Bonchev–Trinajstić information content (AvgIpc) is 2.98. The lowest BCUT2D eigenvalue weighted by atomic mass is 9.78. The van der Waals surface area contributed by atoms with E-state index in [1.54, 1.807) is 31.4 Å². The van der Waals surface area contributed by atoms with Crippen molar-refractivity contribution in [2.75, 3.05) is 20.2 Å². The first kappa shape index (κ1) is 35.5. The van der Waals surface area contributed by atoms with Crippen molar-refractivity contribution in [1.29, 1.82) is 0 Å². The zero-order chi connectivity index (χ0) is 33.2. The molecule has 3 aromatic rings. The van der Waals surface area contributed by atoms with Crippen LogP contribution in [0.4, 0.5) is 8.78 Å². The van der Waals surface area contributed by atoms with Gasteiger partial charge in [-0.15, -0.1) is 0 Å². The maximum Gasteiger partial charge on any atom is 0.251 e. The smallest absolute Gasteiger partial charge is 0.251 e. The van der Waals surface area contributed by atoms with Gasteiger partial charge < -0.3 is 15.4 Å². The normalized spacial score (nSPS) is 12.0. The summed E-state index contributed by atoms with van der Waals surface area (Å²) in [5.41, 5.74) is 4.08. The first-order chi connectivity index (χ1) is 21.2. The largest absolute Gasteiger partial charge is 0.496 e. The molecule has 0 aliphatic rings. The molecule has 0 radical (unpaired) electrons. The highest BCUT2D eigenvalue weighted by Gasteiger charge is 2.28. The molecule has 0 saturated carbocycles. The molecule has 3 aromatic carbocycles. The topological polar surface area (TPSA) is 67.4 Å². The molecule has 0 unspecified atom stereocenters. The van der Waals surface area contributed by atoms with Gasteiger partial charge in [-0.2, -0.15) is 0 Å². The predicted molar refractivity (Wildman–Crippen MR) is 178 cm³/mol. The Kier molecular flexibility index (Phi) is 12.5. The van der Waals surface area contributed by atoms with Crippen molar-refractivity contribution in [1.82, 2.24) is 10.6 Å². The summed E-state index contributed by atoms with van der Waals surface area (Å²) in [6.45, 7) is 13.3. The lowest BCUT2D eigenvalue weighted by molar-refractivity contribution is -0.121. The maximum atomic E-state index is 13.5. The Labute approximate surface area is 267 Å². The Hall–Kier alpha value is -4.00. The summed E-state index contributed by atoms with van der Waals surface area (Å²) in [5, 5.41) is 5.84. The van der Waals surface area contributed by atoms with Crippen LogP contribution in [0.3, 0.4) is 0 Å². The molecule has 3 rings (SSSR count). The number of hydrogen-bond acceptors (Lipinski definition) is 3. The summed E-state index contributed by atoms with van der Waals surface area (Å²) in [5.74, 6) is -0.000738. The second kappa shape index (κ2) is 15.8. The van der Waals surface area contributed by atoms with Crippen LogP contribution in [0.5, 0.6) is 5.75 Å². The van der Waals surface area contributed by atoms with Crippen molar-refractivity contribution in [2.24, 2.45) is 0 Å². The van der Waals surface area contributed by atoms with Gasteiger partial charge >= 0.3 is 0 Å². The molecular weight excluding hydrogens is 570 g/mol. The van der Waals surface area contributed by atoms with Crippen molar-refractivity contribution in [3.63, 3.8) is 0 Å². The number of rotatable bonds is 13. The van der Waals surface area contributed by atoms with Gasteiger partial charge in [-0.1, -0.05) is 84.4 Å². The van der Waals surface area contributed by atoms with E-state index < -0.39 is 0 Å². The molecule has 0 aliphatic carbocycles. The predicted octanol–water partition coefficient (Wildman–Crippen LogP) is 8.36. The molecule has 45 heavy (non-hydrogen) atoms. The van der Waals surface area contributed by atoms with Gasteiger partial charge in [-0.3, -0.25) is 9.59 Å². The van der Waals surface area contributed by atoms with Crippen LogP contribution < -0.4 is 15.4 Å². The summed E-state index contributed by atoms with van der Waals surface area (Å²) in [6.07, 6.45) is 6.27. The quantitative estimate of drug-likeness (QED) is 0.149. The second-order valence-corrected chi connectivity index (χ2v) is 13.5. The molecule has 0 spiro atoms. The average molecular weight is 619 g/mol. The zero-order valence-electron chi connectivity index (χ0n) is 27.7. The van der Waals surface area contributed by atoms with E-state index in [9.17, 15) is 18.4 Å². The number of nitrogens with one attached hydrogen (secondary N) is 2. The maximum absolute atomic E-state index is 13.5. The Balaban J connectivity index is 1.46. The summed E-state index contributed by atoms with van der Waals surface area (Å²) < 4.78 is 32.7. The highest BCUT2D eigenvalue weighted by Crippen LogP contribution is 2.40. The van der Waals surface area contributed by atoms with Crippen molar-refractivity contribution >= 4 is 11.8 Å². The monoisotopic (exact) mass is 618 g/mol. The molecule has 242 valence electrons. The molecule has 0 aliphatic heterocycles. The molecule has 0 atom stereocenters. The summed E-state index contributed by atoms with van der Waals surface area (Å²) in [6, 6.07) is 16.6. The number of hydrogen-bond donors (Lipinski definition) is 2. The van der Waals surface area contributed by atoms with Gasteiger partial charge in [0.15, 0.2) is 0 Å². The number of halogens is 2. The van der Waals surface area contributed by atoms with Crippen LogP contribution in [0.15, 0.2) is 72.8 Å². The van der Waals surface area contributed by atoms with Crippen LogP contribution in [0, 0.1) is 11.6 Å². The molecule has 0 fully saturated rings. The van der Waals surface area contributed by atoms with Crippen LogP contribution in [-0.4, -0.2) is 32.0 Å². The van der Waals surface area contributed by atoms with E-state index in [1.165, 1.54) is 24.3 Å². The molecule has 5 nitrogen and oxygen atoms in total. The lowest BCUT2D eigenvalue weighted by Crippen LogP contribution is -2.27. The Bertz CT molecular complexity index is 1370. The zero-order valence-corrected chi connectivity index (χ0v) is 27.7. The van der Waals surface area contributed by atoms with Gasteiger partial charge in [0.25, 0.3) is 5.91 Å². The van der Waals surface area contributed by atoms with Crippen LogP contribution in [-0.2, 0) is 15.6 Å². The highest BCUT2D eigenvalue weighted by atomic mass is 19.1. The fraction of sp³-hybridized carbons (Fsp3) is 0.421. The number of amides is 2.